The van der Waals surface area contributed by atoms with Crippen LogP contribution in [0.15, 0.2) is 48.0 Å². The van der Waals surface area contributed by atoms with Crippen LogP contribution in [-0.2, 0) is 14.3 Å². The normalized spacial score (nSPS) is 17.1. The molecule has 3 rings (SSSR count). The molecule has 2 aromatic carbocycles. The second kappa shape index (κ2) is 12.4. The lowest BCUT2D eigenvalue weighted by Crippen LogP contribution is -2.31. The molecule has 8 nitrogen and oxygen atoms in total. The van der Waals surface area contributed by atoms with Crippen LogP contribution in [-0.4, -0.2) is 61.3 Å². The maximum absolute atomic E-state index is 13.3. The van der Waals surface area contributed by atoms with Crippen molar-refractivity contribution in [2.75, 3.05) is 33.5 Å². The topological polar surface area (TPSA) is 94.5 Å². The maximum atomic E-state index is 13.3. The lowest BCUT2D eigenvalue weighted by molar-refractivity contribution is -0.140. The third kappa shape index (κ3) is 5.99. The van der Waals surface area contributed by atoms with E-state index in [0.717, 1.165) is 0 Å². The number of nitrogens with zero attached hydrogens (tertiary/aromatic N) is 1. The molecule has 1 fully saturated rings. The molecule has 1 N–H and O–H groups in total. The highest BCUT2D eigenvalue weighted by molar-refractivity contribution is 6.46. The average molecular weight is 498 g/mol. The third-order valence-electron chi connectivity index (χ3n) is 5.65. The van der Waals surface area contributed by atoms with Gasteiger partial charge in [-0.1, -0.05) is 12.1 Å². The molecule has 0 aromatic heterocycles. The van der Waals surface area contributed by atoms with Crippen molar-refractivity contribution < 1.29 is 33.6 Å². The van der Waals surface area contributed by atoms with Crippen LogP contribution in [0.4, 0.5) is 0 Å². The van der Waals surface area contributed by atoms with Gasteiger partial charge in [0.15, 0.2) is 0 Å². The van der Waals surface area contributed by atoms with E-state index in [9.17, 15) is 14.7 Å². The predicted octanol–water partition coefficient (Wildman–Crippen LogP) is 4.73. The first kappa shape index (κ1) is 27.1. The summed E-state index contributed by atoms with van der Waals surface area (Å²) in [5.41, 5.74) is 0.981. The number of hydrogen-bond acceptors (Lipinski definition) is 7. The van der Waals surface area contributed by atoms with Gasteiger partial charge in [0.1, 0.15) is 23.0 Å². The number of amides is 1. The summed E-state index contributed by atoms with van der Waals surface area (Å²) in [7, 11) is 1.58. The zero-order valence-electron chi connectivity index (χ0n) is 21.6. The molecule has 1 aliphatic heterocycles. The van der Waals surface area contributed by atoms with E-state index in [1.54, 1.807) is 31.4 Å². The minimum absolute atomic E-state index is 0.00391. The van der Waals surface area contributed by atoms with Crippen molar-refractivity contribution in [3.05, 3.63) is 59.2 Å². The fourth-order valence-electron chi connectivity index (χ4n) is 4.24. The van der Waals surface area contributed by atoms with Crippen molar-refractivity contribution in [3.63, 3.8) is 0 Å². The fraction of sp³-hybridized carbons (Fsp3) is 0.429. The second-order valence-electron chi connectivity index (χ2n) is 8.60. The minimum Gasteiger partial charge on any atom is -0.507 e. The van der Waals surface area contributed by atoms with Gasteiger partial charge >= 0.3 is 0 Å². The number of ether oxygens (including phenoxy) is 4. The maximum Gasteiger partial charge on any atom is 0.295 e. The monoisotopic (exact) mass is 497 g/mol. The van der Waals surface area contributed by atoms with Crippen molar-refractivity contribution in [1.82, 2.24) is 4.90 Å². The van der Waals surface area contributed by atoms with Gasteiger partial charge in [0.05, 0.1) is 36.5 Å². The molecule has 1 atom stereocenters. The lowest BCUT2D eigenvalue weighted by Gasteiger charge is -2.26. The Bertz CT molecular complexity index is 1110. The molecular weight excluding hydrogens is 462 g/mol. The van der Waals surface area contributed by atoms with E-state index >= 15 is 0 Å². The predicted molar refractivity (Wildman–Crippen MR) is 136 cm³/mol. The molecule has 8 heteroatoms. The Balaban J connectivity index is 2.17. The first-order chi connectivity index (χ1) is 17.3. The number of rotatable bonds is 12. The van der Waals surface area contributed by atoms with Crippen LogP contribution in [0.25, 0.3) is 5.76 Å². The number of aliphatic hydroxyl groups excluding tert-OH is 1. The number of Topliss-reactive ketones (excluding diaryl/α,β-unsaturated/α-hetero) is 1. The van der Waals surface area contributed by atoms with Crippen molar-refractivity contribution in [2.45, 2.75) is 46.3 Å². The van der Waals surface area contributed by atoms with Crippen molar-refractivity contribution in [3.8, 4) is 17.2 Å². The molecule has 0 spiro atoms. The highest BCUT2D eigenvalue weighted by Gasteiger charge is 2.46. The molecule has 0 bridgehead atoms. The number of likely N-dealkylation sites (tertiary alicyclic amines) is 1. The van der Waals surface area contributed by atoms with E-state index in [1.165, 1.54) is 4.90 Å². The minimum atomic E-state index is -0.793. The number of benzene rings is 2. The van der Waals surface area contributed by atoms with Crippen LogP contribution in [0, 0.1) is 0 Å². The molecule has 0 saturated carbocycles. The summed E-state index contributed by atoms with van der Waals surface area (Å²) in [5, 5.41) is 11.5. The number of carbonyl (C=O) groups is 2. The van der Waals surface area contributed by atoms with Crippen LogP contribution < -0.4 is 14.2 Å². The third-order valence-corrected chi connectivity index (χ3v) is 5.65. The Labute approximate surface area is 212 Å². The Morgan fingerprint density at radius 1 is 1.03 bits per heavy atom. The number of ketones is 1. The van der Waals surface area contributed by atoms with Crippen molar-refractivity contribution >= 4 is 17.4 Å². The van der Waals surface area contributed by atoms with Gasteiger partial charge in [0, 0.05) is 26.3 Å². The van der Waals surface area contributed by atoms with E-state index < -0.39 is 17.7 Å². The molecule has 36 heavy (non-hydrogen) atoms. The lowest BCUT2D eigenvalue weighted by atomic mass is 9.94. The quantitative estimate of drug-likeness (QED) is 0.196. The van der Waals surface area contributed by atoms with Gasteiger partial charge in [-0.15, -0.1) is 0 Å². The zero-order chi connectivity index (χ0) is 26.2. The highest BCUT2D eigenvalue weighted by atomic mass is 16.5. The SMILES string of the molecule is CCOc1ccc(/C(O)=C2/C(=O)C(=O)N(CCCOC)C2c2cccc(OC(C)C)c2)c(OCC)c1. The number of hydrogen-bond donors (Lipinski definition) is 1. The van der Waals surface area contributed by atoms with Gasteiger partial charge in [0.2, 0.25) is 0 Å². The van der Waals surface area contributed by atoms with Crippen LogP contribution >= 0.6 is 0 Å². The van der Waals surface area contributed by atoms with Gasteiger partial charge in [-0.3, -0.25) is 9.59 Å². The van der Waals surface area contributed by atoms with Gasteiger partial charge in [-0.25, -0.2) is 0 Å². The summed E-state index contributed by atoms with van der Waals surface area (Å²) >= 11 is 0. The summed E-state index contributed by atoms with van der Waals surface area (Å²) < 4.78 is 22.3. The summed E-state index contributed by atoms with van der Waals surface area (Å²) in [6.07, 6.45) is 0.487. The van der Waals surface area contributed by atoms with Crippen LogP contribution in [0.2, 0.25) is 0 Å². The molecular formula is C28H35NO7. The van der Waals surface area contributed by atoms with Crippen LogP contribution in [0.1, 0.15) is 51.3 Å². The van der Waals surface area contributed by atoms with Gasteiger partial charge in [-0.05, 0) is 63.9 Å². The number of carbonyl (C=O) groups excluding carboxylic acids is 2. The molecule has 2 aromatic rings. The van der Waals surface area contributed by atoms with E-state index in [-0.39, 0.29) is 24.0 Å². The molecule has 1 amide bonds. The Hall–Kier alpha value is -3.52. The smallest absolute Gasteiger partial charge is 0.295 e. The molecule has 194 valence electrons. The molecule has 0 aliphatic carbocycles. The summed E-state index contributed by atoms with van der Waals surface area (Å²) in [5.74, 6) is -0.164. The Kier molecular flexibility index (Phi) is 9.36. The first-order valence-corrected chi connectivity index (χ1v) is 12.3. The van der Waals surface area contributed by atoms with E-state index in [1.807, 2.05) is 45.9 Å². The Morgan fingerprint density at radius 3 is 2.44 bits per heavy atom. The highest BCUT2D eigenvalue weighted by Crippen LogP contribution is 2.42. The summed E-state index contributed by atoms with van der Waals surface area (Å²) in [6.45, 7) is 9.08. The second-order valence-corrected chi connectivity index (χ2v) is 8.60. The number of methoxy groups -OCH3 is 1. The van der Waals surface area contributed by atoms with Gasteiger partial charge in [0.25, 0.3) is 11.7 Å². The largest absolute Gasteiger partial charge is 0.507 e. The van der Waals surface area contributed by atoms with E-state index in [2.05, 4.69) is 0 Å². The summed E-state index contributed by atoms with van der Waals surface area (Å²) in [6, 6.07) is 11.5. The van der Waals surface area contributed by atoms with Crippen LogP contribution in [0.3, 0.4) is 0 Å². The molecule has 1 aliphatic rings. The molecule has 1 saturated heterocycles. The standard InChI is InChI=1S/C28H35NO7/c1-6-34-20-12-13-22(23(17-20)35-7-2)26(30)24-25(19-10-8-11-21(16-19)36-18(3)4)29(14-9-15-33-5)28(32)27(24)31/h8,10-13,16-18,25,30H,6-7,9,14-15H2,1-5H3/b26-24-. The number of aliphatic hydroxyl groups is 1. The van der Waals surface area contributed by atoms with Crippen LogP contribution in [0.5, 0.6) is 17.2 Å². The van der Waals surface area contributed by atoms with E-state index in [4.69, 9.17) is 18.9 Å². The van der Waals surface area contributed by atoms with Crippen molar-refractivity contribution in [1.29, 1.82) is 0 Å². The fourth-order valence-corrected chi connectivity index (χ4v) is 4.24. The molecule has 1 unspecified atom stereocenters. The zero-order valence-corrected chi connectivity index (χ0v) is 21.6. The van der Waals surface area contributed by atoms with Gasteiger partial charge in [-0.2, -0.15) is 0 Å². The molecule has 0 radical (unpaired) electrons. The molecule has 1 heterocycles. The first-order valence-electron chi connectivity index (χ1n) is 12.3. The van der Waals surface area contributed by atoms with E-state index in [0.29, 0.717) is 54.6 Å². The summed E-state index contributed by atoms with van der Waals surface area (Å²) in [4.78, 5) is 27.9. The average Bonchev–Trinajstić information content (AvgIpc) is 3.09. The Morgan fingerprint density at radius 2 is 1.78 bits per heavy atom. The van der Waals surface area contributed by atoms with Gasteiger partial charge < -0.3 is 29.0 Å². The van der Waals surface area contributed by atoms with Crippen molar-refractivity contribution in [2.24, 2.45) is 0 Å².